The summed E-state index contributed by atoms with van der Waals surface area (Å²) in [4.78, 5) is 70.6. The molecule has 0 saturated carbocycles. The second kappa shape index (κ2) is 13.5. The van der Waals surface area contributed by atoms with Gasteiger partial charge in [0.2, 0.25) is 0 Å². The number of phosphoric ester groups is 1. The monoisotopic (exact) mass is 704 g/mol. The molecule has 0 aliphatic rings. The fourth-order valence-electron chi connectivity index (χ4n) is 5.31. The molecule has 3 unspecified atom stereocenters. The third kappa shape index (κ3) is 6.05. The van der Waals surface area contributed by atoms with Gasteiger partial charge in [-0.1, -0.05) is 19.7 Å². The Kier molecular flexibility index (Phi) is 9.13. The van der Waals surface area contributed by atoms with Crippen LogP contribution in [0.2, 0.25) is 0 Å². The van der Waals surface area contributed by atoms with Gasteiger partial charge in [0.05, 0.1) is 36.0 Å². The zero-order valence-corrected chi connectivity index (χ0v) is 27.9. The average molecular weight is 705 g/mol. The highest BCUT2D eigenvalue weighted by molar-refractivity contribution is 7.48. The molecule has 0 fully saturated rings. The molecule has 6 N–H and O–H groups in total. The lowest BCUT2D eigenvalue weighted by molar-refractivity contribution is 0.0633. The normalized spacial score (nSPS) is 14.6. The minimum atomic E-state index is -4.75. The lowest BCUT2D eigenvalue weighted by atomic mass is 10.3. The van der Waals surface area contributed by atoms with Crippen LogP contribution in [-0.4, -0.2) is 84.7 Å². The number of hydrogen-bond donors (Lipinski definition) is 6. The van der Waals surface area contributed by atoms with E-state index in [0.717, 1.165) is 0 Å². The van der Waals surface area contributed by atoms with Gasteiger partial charge in [-0.25, -0.2) is 19.5 Å². The van der Waals surface area contributed by atoms with Gasteiger partial charge < -0.3 is 44.6 Å². The van der Waals surface area contributed by atoms with Crippen molar-refractivity contribution in [2.45, 2.75) is 18.7 Å². The molecule has 6 heterocycles. The summed E-state index contributed by atoms with van der Waals surface area (Å²) in [5.41, 5.74) is 1.69. The molecular formula is C30H33N12O7P. The number of H-pyrrole nitrogens is 6. The van der Waals surface area contributed by atoms with Crippen LogP contribution in [-0.2, 0) is 18.1 Å². The number of phosphoric acid groups is 1. The number of anilines is 3. The van der Waals surface area contributed by atoms with Crippen molar-refractivity contribution in [2.75, 3.05) is 35.8 Å². The number of nitrogens with one attached hydrogen (secondary N) is 6. The van der Waals surface area contributed by atoms with Crippen molar-refractivity contribution in [2.24, 2.45) is 0 Å². The molecule has 0 bridgehead atoms. The molecule has 0 aromatic carbocycles. The SMILES string of the molecule is C=CC(OP(=O)(OC(C=C)N(C)c1c[nH]c2c(=O)[nH]cnc12)OC(C=C)N(C)c1c[nH]c2c(=O)[nH]cnc12)N(C)c1c[nH]c2c(=O)[nH]cnc12. The van der Waals surface area contributed by atoms with Crippen molar-refractivity contribution in [3.63, 3.8) is 0 Å². The van der Waals surface area contributed by atoms with Gasteiger partial charge in [0.1, 0.15) is 33.1 Å². The van der Waals surface area contributed by atoms with Crippen molar-refractivity contribution in [3.8, 4) is 0 Å². The van der Waals surface area contributed by atoms with E-state index in [2.05, 4.69) is 64.6 Å². The number of hydrogen-bond acceptors (Lipinski definition) is 13. The smallest absolute Gasteiger partial charge is 0.353 e. The maximum atomic E-state index is 15.0. The molecule has 6 rings (SSSR count). The molecule has 19 nitrogen and oxygen atoms in total. The Labute approximate surface area is 282 Å². The number of aromatic nitrogens is 9. The molecule has 20 heteroatoms. The van der Waals surface area contributed by atoms with Gasteiger partial charge in [-0.05, 0) is 18.2 Å². The van der Waals surface area contributed by atoms with Crippen molar-refractivity contribution < 1.29 is 18.1 Å². The van der Waals surface area contributed by atoms with E-state index in [1.54, 1.807) is 21.1 Å². The highest BCUT2D eigenvalue weighted by Crippen LogP contribution is 2.55. The third-order valence-corrected chi connectivity index (χ3v) is 9.37. The van der Waals surface area contributed by atoms with Gasteiger partial charge in [-0.15, -0.1) is 0 Å². The van der Waals surface area contributed by atoms with Gasteiger partial charge in [0.15, 0.2) is 18.7 Å². The van der Waals surface area contributed by atoms with Gasteiger partial charge in [-0.3, -0.25) is 28.0 Å². The third-order valence-electron chi connectivity index (χ3n) is 7.95. The highest BCUT2D eigenvalue weighted by Gasteiger charge is 2.40. The Balaban J connectivity index is 1.37. The summed E-state index contributed by atoms with van der Waals surface area (Å²) < 4.78 is 33.4. The van der Waals surface area contributed by atoms with E-state index < -0.39 is 26.5 Å². The summed E-state index contributed by atoms with van der Waals surface area (Å²) in [6.07, 6.45) is 8.90. The lowest BCUT2D eigenvalue weighted by Crippen LogP contribution is -2.37. The molecule has 0 saturated heterocycles. The molecule has 260 valence electrons. The minimum absolute atomic E-state index is 0.215. The first-order valence-electron chi connectivity index (χ1n) is 14.9. The van der Waals surface area contributed by atoms with E-state index in [1.165, 1.54) is 70.5 Å². The highest BCUT2D eigenvalue weighted by atomic mass is 31.2. The number of aromatic amines is 6. The zero-order valence-electron chi connectivity index (χ0n) is 27.0. The standard InChI is InChI=1S/C30H33N12O7P/c1-7-19(40(4)16-10-31-25-22(16)34-13-37-28(25)43)47-50(46,48-20(8-2)41(5)17-11-32-26-23(17)35-14-38-29(26)44)49-21(9-3)42(6)18-12-33-27-24(18)36-15-39-30(27)45/h7-15,19-21,31-33H,1-3H2,4-6H3,(H,34,37,43)(H,35,38,44)(H,36,39,45). The van der Waals surface area contributed by atoms with Gasteiger partial charge in [-0.2, -0.15) is 0 Å². The van der Waals surface area contributed by atoms with Crippen molar-refractivity contribution in [3.05, 3.63) is 107 Å². The summed E-state index contributed by atoms with van der Waals surface area (Å²) >= 11 is 0. The summed E-state index contributed by atoms with van der Waals surface area (Å²) in [5.74, 6) is 0. The topological polar surface area (TPSA) is 239 Å². The quantitative estimate of drug-likeness (QED) is 0.0513. The van der Waals surface area contributed by atoms with E-state index in [9.17, 15) is 18.9 Å². The van der Waals surface area contributed by atoms with Crippen LogP contribution in [0.1, 0.15) is 0 Å². The second-order valence-corrected chi connectivity index (χ2v) is 12.4. The summed E-state index contributed by atoms with van der Waals surface area (Å²) in [6, 6.07) is 0. The molecule has 0 amide bonds. The fraction of sp³-hybridized carbons (Fsp3) is 0.200. The second-order valence-electron chi connectivity index (χ2n) is 10.9. The van der Waals surface area contributed by atoms with Gasteiger partial charge >= 0.3 is 7.82 Å². The van der Waals surface area contributed by atoms with Crippen LogP contribution in [0.5, 0.6) is 0 Å². The molecule has 3 atom stereocenters. The molecule has 0 aliphatic carbocycles. The Hall–Kier alpha value is -6.01. The largest absolute Gasteiger partial charge is 0.481 e. The van der Waals surface area contributed by atoms with Crippen molar-refractivity contribution in [1.82, 2.24) is 44.9 Å². The van der Waals surface area contributed by atoms with Crippen molar-refractivity contribution in [1.29, 1.82) is 0 Å². The van der Waals surface area contributed by atoms with E-state index in [4.69, 9.17) is 13.6 Å². The molecule has 6 aromatic rings. The predicted octanol–water partition coefficient (Wildman–Crippen LogP) is 2.78. The van der Waals surface area contributed by atoms with E-state index in [-0.39, 0.29) is 33.2 Å². The van der Waals surface area contributed by atoms with Crippen LogP contribution in [0, 0.1) is 0 Å². The first-order valence-corrected chi connectivity index (χ1v) is 16.3. The minimum Gasteiger partial charge on any atom is -0.353 e. The molecule has 0 aliphatic heterocycles. The van der Waals surface area contributed by atoms with Crippen LogP contribution in [0.4, 0.5) is 17.1 Å². The van der Waals surface area contributed by atoms with Gasteiger partial charge in [0.25, 0.3) is 16.7 Å². The van der Waals surface area contributed by atoms with Crippen LogP contribution >= 0.6 is 7.82 Å². The first-order chi connectivity index (χ1) is 24.0. The lowest BCUT2D eigenvalue weighted by Gasteiger charge is -2.35. The number of rotatable bonds is 15. The molecule has 50 heavy (non-hydrogen) atoms. The molecule has 6 aromatic heterocycles. The number of likely N-dealkylation sites (N-methyl/N-ethyl adjacent to an activating group) is 3. The van der Waals surface area contributed by atoms with Crippen LogP contribution in [0.15, 0.2) is 89.9 Å². The Morgan fingerprint density at radius 2 is 0.860 bits per heavy atom. The maximum Gasteiger partial charge on any atom is 0.481 e. The van der Waals surface area contributed by atoms with Crippen LogP contribution in [0.3, 0.4) is 0 Å². The molecule has 0 radical (unpaired) electrons. The van der Waals surface area contributed by atoms with Crippen LogP contribution in [0.25, 0.3) is 33.1 Å². The molecular weight excluding hydrogens is 671 g/mol. The zero-order chi connectivity index (χ0) is 35.7. The van der Waals surface area contributed by atoms with Crippen molar-refractivity contribution >= 4 is 58.0 Å². The average Bonchev–Trinajstić information content (AvgIpc) is 3.86. The Morgan fingerprint density at radius 1 is 0.580 bits per heavy atom. The van der Waals surface area contributed by atoms with Crippen LogP contribution < -0.4 is 31.4 Å². The Bertz CT molecular complexity index is 2180. The number of fused-ring (bicyclic) bond motifs is 3. The fourth-order valence-corrected chi connectivity index (χ4v) is 6.94. The first kappa shape index (κ1) is 33.9. The number of nitrogens with zero attached hydrogens (tertiary/aromatic N) is 6. The van der Waals surface area contributed by atoms with Gasteiger partial charge in [0, 0.05) is 39.7 Å². The molecule has 0 spiro atoms. The van der Waals surface area contributed by atoms with E-state index >= 15 is 0 Å². The van der Waals surface area contributed by atoms with E-state index in [0.29, 0.717) is 33.6 Å². The summed E-state index contributed by atoms with van der Waals surface area (Å²) in [6.45, 7) is 11.6. The summed E-state index contributed by atoms with van der Waals surface area (Å²) in [5, 5.41) is 0. The summed E-state index contributed by atoms with van der Waals surface area (Å²) in [7, 11) is 0.0869. The van der Waals surface area contributed by atoms with E-state index in [1.807, 2.05) is 0 Å². The Morgan fingerprint density at radius 3 is 1.12 bits per heavy atom. The maximum absolute atomic E-state index is 15.0. The predicted molar refractivity (Wildman–Crippen MR) is 188 cm³/mol.